The van der Waals surface area contributed by atoms with Crippen LogP contribution in [0.15, 0.2) is 43.0 Å². The van der Waals surface area contributed by atoms with E-state index in [9.17, 15) is 57.9 Å². The third-order valence-corrected chi connectivity index (χ3v) is 11.8. The number of hydrogen-bond acceptors (Lipinski definition) is 22. The number of anilines is 1. The number of amides is 2. The minimum absolute atomic E-state index is 0. The van der Waals surface area contributed by atoms with E-state index in [-0.39, 0.29) is 77.6 Å². The normalized spacial score (nSPS) is 21.0. The number of nitrogens with one attached hydrogen (secondary N) is 2. The van der Waals surface area contributed by atoms with Crippen LogP contribution in [-0.4, -0.2) is 92.9 Å². The molecule has 1 aliphatic heterocycles. The first-order chi connectivity index (χ1) is 26.6. The van der Waals surface area contributed by atoms with Gasteiger partial charge in [0.05, 0.1) is 33.5 Å². The maximum Gasteiger partial charge on any atom is 1.00 e. The Bertz CT molecular complexity index is 2030. The van der Waals surface area contributed by atoms with Crippen LogP contribution in [0.2, 0.25) is 0 Å². The second-order valence-electron chi connectivity index (χ2n) is 12.8. The van der Waals surface area contributed by atoms with Crippen LogP contribution >= 0.6 is 35.2 Å². The molecule has 0 aliphatic carbocycles. The Labute approximate surface area is 356 Å². The van der Waals surface area contributed by atoms with Crippen LogP contribution in [0.5, 0.6) is 0 Å². The molecule has 316 valence electrons. The van der Waals surface area contributed by atoms with Gasteiger partial charge in [0.2, 0.25) is 11.8 Å². The van der Waals surface area contributed by atoms with E-state index in [4.69, 9.17) is 10.5 Å². The molecule has 2 aromatic heterocycles. The second-order valence-corrected chi connectivity index (χ2v) is 18.0. The molecule has 0 bridgehead atoms. The number of nitrogens with zero attached hydrogens (tertiary/aromatic N) is 4. The quantitative estimate of drug-likeness (QED) is 0.0508. The molecule has 3 heterocycles. The van der Waals surface area contributed by atoms with Crippen LogP contribution in [0, 0.1) is 5.41 Å². The zero-order chi connectivity index (χ0) is 42.2. The maximum absolute atomic E-state index is 13.1. The number of benzene rings is 1. The first-order valence-electron chi connectivity index (χ1n) is 16.5. The summed E-state index contributed by atoms with van der Waals surface area (Å²) >= 11 is 1.04. The minimum atomic E-state index is -5.95. The van der Waals surface area contributed by atoms with Crippen molar-refractivity contribution in [2.24, 2.45) is 5.41 Å². The Morgan fingerprint density at radius 1 is 1.02 bits per heavy atom. The number of phosphoric ester groups is 3. The molecule has 7 atom stereocenters. The van der Waals surface area contributed by atoms with Crippen LogP contribution < -0.4 is 75.7 Å². The smallest absolute Gasteiger partial charge is 0.847 e. The number of carbonyl (C=O) groups is 3. The minimum Gasteiger partial charge on any atom is -0.847 e. The molecule has 58 heavy (non-hydrogen) atoms. The van der Waals surface area contributed by atoms with Gasteiger partial charge in [-0.05, 0) is 23.2 Å². The van der Waals surface area contributed by atoms with Gasteiger partial charge in [0.15, 0.2) is 16.6 Å². The first kappa shape index (κ1) is 50.1. The van der Waals surface area contributed by atoms with Crippen LogP contribution in [0.25, 0.3) is 11.2 Å². The summed E-state index contributed by atoms with van der Waals surface area (Å²) in [6.45, 7) is -0.241. The third kappa shape index (κ3) is 15.0. The van der Waals surface area contributed by atoms with E-state index >= 15 is 0 Å². The van der Waals surface area contributed by atoms with Crippen molar-refractivity contribution in [3.05, 3.63) is 48.5 Å². The molecule has 0 radical (unpaired) electrons. The fraction of sp³-hybridized carbons (Fsp3) is 0.517. The Morgan fingerprint density at radius 3 is 2.36 bits per heavy atom. The topological polar surface area (TPSA) is 381 Å². The number of fused-ring (bicyclic) bond motifs is 1. The molecule has 1 saturated heterocycles. The van der Waals surface area contributed by atoms with Gasteiger partial charge in [0.25, 0.3) is 15.6 Å². The maximum atomic E-state index is 13.1. The van der Waals surface area contributed by atoms with Crippen molar-refractivity contribution in [2.45, 2.75) is 57.3 Å². The number of carbonyl (C=O) groups excluding carboxylic acids is 3. The number of ether oxygens (including phenoxy) is 1. The average molecular weight is 903 g/mol. The van der Waals surface area contributed by atoms with Gasteiger partial charge in [0.1, 0.15) is 24.2 Å². The van der Waals surface area contributed by atoms with Crippen LogP contribution in [0.3, 0.4) is 0 Å². The molecule has 1 aromatic carbocycles. The van der Waals surface area contributed by atoms with Gasteiger partial charge in [-0.25, -0.2) is 19.3 Å². The van der Waals surface area contributed by atoms with Gasteiger partial charge in [-0.1, -0.05) is 55.9 Å². The second kappa shape index (κ2) is 21.5. The molecule has 2 amide bonds. The Balaban J connectivity index is 0.00000900. The van der Waals surface area contributed by atoms with E-state index in [1.54, 1.807) is 0 Å². The van der Waals surface area contributed by atoms with Crippen LogP contribution in [0.1, 0.15) is 32.1 Å². The summed E-state index contributed by atoms with van der Waals surface area (Å²) in [5.41, 5.74) is 4.71. The van der Waals surface area contributed by atoms with Crippen molar-refractivity contribution in [2.75, 3.05) is 37.8 Å². The predicted octanol–water partition coefficient (Wildman–Crippen LogP) is -6.88. The predicted molar refractivity (Wildman–Crippen MR) is 184 cm³/mol. The monoisotopic (exact) mass is 902 g/mol. The van der Waals surface area contributed by atoms with E-state index in [1.165, 1.54) is 0 Å². The molecule has 24 nitrogen and oxygen atoms in total. The van der Waals surface area contributed by atoms with Gasteiger partial charge < -0.3 is 69.0 Å². The summed E-state index contributed by atoms with van der Waals surface area (Å²) in [5.74, 6) is -1.41. The van der Waals surface area contributed by atoms with Gasteiger partial charge in [-0.15, -0.1) is 0 Å². The number of phosphoric acid groups is 3. The molecule has 7 unspecified atom stereocenters. The van der Waals surface area contributed by atoms with Crippen LogP contribution in [-0.2, 0) is 57.1 Å². The molecule has 29 heteroatoms. The Kier molecular flexibility index (Phi) is 18.6. The molecule has 4 N–H and O–H groups in total. The zero-order valence-corrected chi connectivity index (χ0v) is 36.4. The molecule has 0 spiro atoms. The molecular formula is C29H36N7NaO17P3S-5. The number of hydrogen-bond donors (Lipinski definition) is 3. The van der Waals surface area contributed by atoms with E-state index in [0.717, 1.165) is 48.4 Å². The fourth-order valence-electron chi connectivity index (χ4n) is 5.06. The Hall–Kier alpha value is -2.22. The van der Waals surface area contributed by atoms with E-state index in [2.05, 4.69) is 43.5 Å². The SMILES string of the molecule is CC(C)(COP(=O)([O-])OP(=O)([O-])OCC1OC(n2cnc3c(N)ncnc32)C([O-])C1OP(=O)([O-])[O-])C([O-])C(=O)NCCC(=O)NCCSC(=O)Cc1ccccc1.[Na+]. The van der Waals surface area contributed by atoms with Crippen LogP contribution in [0.4, 0.5) is 5.82 Å². The van der Waals surface area contributed by atoms with E-state index in [1.807, 2.05) is 30.3 Å². The first-order valence-corrected chi connectivity index (χ1v) is 21.9. The summed E-state index contributed by atoms with van der Waals surface area (Å²) < 4.78 is 60.1. The van der Waals surface area contributed by atoms with Crippen molar-refractivity contribution in [1.82, 2.24) is 30.2 Å². The molecular weight excluding hydrogens is 866 g/mol. The molecule has 3 aromatic rings. The number of thioether (sulfide) groups is 1. The largest absolute Gasteiger partial charge is 1.00 e. The van der Waals surface area contributed by atoms with Gasteiger partial charge in [-0.3, -0.25) is 28.1 Å². The number of imidazole rings is 1. The van der Waals surface area contributed by atoms with E-state index in [0.29, 0.717) is 5.75 Å². The van der Waals surface area contributed by atoms with Crippen molar-refractivity contribution >= 4 is 69.1 Å². The number of nitrogen functional groups attached to an aromatic ring is 1. The van der Waals surface area contributed by atoms with Crippen molar-refractivity contribution in [1.29, 1.82) is 0 Å². The standard InChI is InChI=1S/C29H40N7O17P3S.Na/c1-29(2,24(40)27(41)32-9-8-19(37)31-10-11-57-20(38)12-17-6-4-3-5-7-17)14-50-56(47,48)53-55(45,46)49-13-18-23(52-54(42,43)44)22(39)28(51-18)36-16-35-21-25(30)33-15-34-26(21)36;/h3-7,15-16,18,22-24,28H,8-14H2,1-2H3,(H,31,37)(H,32,41)(H,45,46)(H,47,48)(H2,30,33,34)(H2,42,43,44);/q-2;+1/p-4. The average Bonchev–Trinajstić information content (AvgIpc) is 3.68. The van der Waals surface area contributed by atoms with Crippen molar-refractivity contribution < 1.29 is 110 Å². The van der Waals surface area contributed by atoms with Crippen molar-refractivity contribution in [3.8, 4) is 0 Å². The summed E-state index contributed by atoms with van der Waals surface area (Å²) in [4.78, 5) is 95.9. The number of aromatic nitrogens is 4. The number of rotatable bonds is 21. The molecule has 1 fully saturated rings. The van der Waals surface area contributed by atoms with E-state index < -0.39 is 84.6 Å². The van der Waals surface area contributed by atoms with Crippen molar-refractivity contribution in [3.63, 3.8) is 0 Å². The van der Waals surface area contributed by atoms with Gasteiger partial charge in [0, 0.05) is 31.7 Å². The zero-order valence-electron chi connectivity index (χ0n) is 30.9. The fourth-order valence-corrected chi connectivity index (χ4v) is 8.49. The molecule has 1 aliphatic rings. The number of nitrogens with two attached hydrogens (primary N) is 1. The van der Waals surface area contributed by atoms with Gasteiger partial charge >= 0.3 is 29.6 Å². The summed E-state index contributed by atoms with van der Waals surface area (Å²) in [5, 5.41) is 30.7. The third-order valence-electron chi connectivity index (χ3n) is 7.87. The summed E-state index contributed by atoms with van der Waals surface area (Å²) in [6, 6.07) is 9.10. The summed E-state index contributed by atoms with van der Waals surface area (Å²) in [7, 11) is -17.7. The molecule has 0 saturated carbocycles. The van der Waals surface area contributed by atoms with Gasteiger partial charge in [-0.2, -0.15) is 0 Å². The molecule has 4 rings (SSSR count). The summed E-state index contributed by atoms with van der Waals surface area (Å²) in [6.07, 6.45) is -8.28. The Morgan fingerprint density at radius 2 is 1.69 bits per heavy atom.